The number of aromatic nitrogens is 1. The van der Waals surface area contributed by atoms with E-state index in [2.05, 4.69) is 4.98 Å². The summed E-state index contributed by atoms with van der Waals surface area (Å²) in [7, 11) is 8.76. The van der Waals surface area contributed by atoms with E-state index in [0.717, 1.165) is 29.4 Å². The number of pyridine rings is 1. The van der Waals surface area contributed by atoms with E-state index in [9.17, 15) is 9.59 Å². The van der Waals surface area contributed by atoms with Gasteiger partial charge in [-0.15, -0.1) is 0 Å². The molecule has 4 aromatic rings. The molecule has 5 rings (SSSR count). The van der Waals surface area contributed by atoms with Gasteiger partial charge in [-0.25, -0.2) is 9.59 Å². The lowest BCUT2D eigenvalue weighted by Gasteiger charge is -2.19. The van der Waals surface area contributed by atoms with Crippen LogP contribution in [0.3, 0.4) is 0 Å². The van der Waals surface area contributed by atoms with Crippen LogP contribution in [0.5, 0.6) is 46.0 Å². The predicted octanol–water partition coefficient (Wildman–Crippen LogP) is 5.21. The van der Waals surface area contributed by atoms with Gasteiger partial charge < -0.3 is 37.9 Å². The van der Waals surface area contributed by atoms with Crippen molar-refractivity contribution in [1.82, 2.24) is 4.98 Å². The van der Waals surface area contributed by atoms with Crippen LogP contribution in [0.4, 0.5) is 0 Å². The molecule has 224 valence electrons. The van der Waals surface area contributed by atoms with E-state index in [4.69, 9.17) is 37.9 Å². The van der Waals surface area contributed by atoms with Crippen LogP contribution in [-0.2, 0) is 12.8 Å². The second-order valence-corrected chi connectivity index (χ2v) is 9.50. The van der Waals surface area contributed by atoms with Crippen molar-refractivity contribution in [2.75, 3.05) is 42.7 Å². The van der Waals surface area contributed by atoms with E-state index in [1.165, 1.54) is 66.9 Å². The van der Waals surface area contributed by atoms with Gasteiger partial charge in [-0.05, 0) is 55.2 Å². The van der Waals surface area contributed by atoms with Crippen molar-refractivity contribution in [2.24, 2.45) is 0 Å². The Labute approximate surface area is 248 Å². The molecular formula is C32H31NO10. The lowest BCUT2D eigenvalue weighted by atomic mass is 10.00. The van der Waals surface area contributed by atoms with Gasteiger partial charge in [-0.1, -0.05) is 0 Å². The zero-order valence-corrected chi connectivity index (χ0v) is 24.7. The van der Waals surface area contributed by atoms with E-state index in [1.807, 2.05) is 0 Å². The van der Waals surface area contributed by atoms with E-state index in [0.29, 0.717) is 23.3 Å². The topological polar surface area (TPSA) is 121 Å². The van der Waals surface area contributed by atoms with Crippen molar-refractivity contribution < 1.29 is 47.5 Å². The maximum atomic E-state index is 13.7. The van der Waals surface area contributed by atoms with Gasteiger partial charge in [0.05, 0.1) is 53.8 Å². The lowest BCUT2D eigenvalue weighted by molar-refractivity contribution is 0.0682. The normalized spacial score (nSPS) is 11.9. The fourth-order valence-corrected chi connectivity index (χ4v) is 5.29. The first-order valence-corrected chi connectivity index (χ1v) is 13.3. The molecule has 11 nitrogen and oxygen atoms in total. The number of benzene rings is 3. The molecule has 0 N–H and O–H groups in total. The van der Waals surface area contributed by atoms with Crippen molar-refractivity contribution in [2.45, 2.75) is 19.3 Å². The van der Waals surface area contributed by atoms with Crippen LogP contribution in [0.15, 0.2) is 42.7 Å². The first kappa shape index (κ1) is 29.3. The van der Waals surface area contributed by atoms with E-state index in [1.54, 1.807) is 18.5 Å². The molecule has 11 heteroatoms. The average Bonchev–Trinajstić information content (AvgIpc) is 3.54. The molecule has 0 aliphatic heterocycles. The maximum absolute atomic E-state index is 13.7. The molecule has 0 amide bonds. The van der Waals surface area contributed by atoms with Crippen molar-refractivity contribution in [3.8, 4) is 46.0 Å². The third-order valence-electron chi connectivity index (χ3n) is 7.28. The number of aryl methyl sites for hydroxylation is 1. The van der Waals surface area contributed by atoms with Gasteiger partial charge in [0, 0.05) is 28.7 Å². The fraction of sp³-hybridized carbons (Fsp3) is 0.281. The van der Waals surface area contributed by atoms with Crippen molar-refractivity contribution in [3.63, 3.8) is 0 Å². The SMILES string of the molecule is COc1cc(C(=O)Oc2c3c(c4cnccc4c2OC(=O)c2cc(OC)c(OC)c(OC)c2)CCC3)cc(OC)c1OC. The first-order chi connectivity index (χ1) is 20.9. The minimum Gasteiger partial charge on any atom is -0.493 e. The minimum absolute atomic E-state index is 0.0950. The van der Waals surface area contributed by atoms with Crippen LogP contribution in [0.2, 0.25) is 0 Å². The van der Waals surface area contributed by atoms with Crippen LogP contribution >= 0.6 is 0 Å². The van der Waals surface area contributed by atoms with Gasteiger partial charge in [-0.3, -0.25) is 4.98 Å². The highest BCUT2D eigenvalue weighted by molar-refractivity contribution is 6.01. The number of fused-ring (bicyclic) bond motifs is 3. The standard InChI is InChI=1S/C32H31NO10/c1-36-23-12-17(13-24(37-2)29(23)40-5)31(34)42-27-20-9-7-8-19(20)22-16-33-11-10-21(22)28(27)43-32(35)18-14-25(38-3)30(41-6)26(15-18)39-4/h10-16H,7-9H2,1-6H3. The molecule has 0 bridgehead atoms. The number of carbonyl (C=O) groups excluding carboxylic acids is 2. The third-order valence-corrected chi connectivity index (χ3v) is 7.28. The number of carbonyl (C=O) groups is 2. The summed E-state index contributed by atoms with van der Waals surface area (Å²) < 4.78 is 44.5. The van der Waals surface area contributed by atoms with Crippen LogP contribution in [0, 0.1) is 0 Å². The number of hydrogen-bond donors (Lipinski definition) is 0. The Morgan fingerprint density at radius 3 is 1.51 bits per heavy atom. The molecular weight excluding hydrogens is 558 g/mol. The average molecular weight is 590 g/mol. The zero-order valence-electron chi connectivity index (χ0n) is 24.7. The number of rotatable bonds is 10. The summed E-state index contributed by atoms with van der Waals surface area (Å²) in [6.45, 7) is 0. The number of methoxy groups -OCH3 is 6. The zero-order chi connectivity index (χ0) is 30.7. The number of esters is 2. The highest BCUT2D eigenvalue weighted by Gasteiger charge is 2.30. The van der Waals surface area contributed by atoms with Gasteiger partial charge in [0.2, 0.25) is 11.5 Å². The maximum Gasteiger partial charge on any atom is 0.343 e. The second-order valence-electron chi connectivity index (χ2n) is 9.50. The molecule has 43 heavy (non-hydrogen) atoms. The van der Waals surface area contributed by atoms with Gasteiger partial charge in [-0.2, -0.15) is 0 Å². The summed E-state index contributed by atoms with van der Waals surface area (Å²) in [5, 5.41) is 1.39. The summed E-state index contributed by atoms with van der Waals surface area (Å²) in [4.78, 5) is 31.6. The molecule has 0 radical (unpaired) electrons. The van der Waals surface area contributed by atoms with E-state index >= 15 is 0 Å². The van der Waals surface area contributed by atoms with Crippen LogP contribution in [0.25, 0.3) is 10.8 Å². The smallest absolute Gasteiger partial charge is 0.343 e. The molecule has 1 aromatic heterocycles. The molecule has 0 atom stereocenters. The van der Waals surface area contributed by atoms with E-state index in [-0.39, 0.29) is 45.6 Å². The highest BCUT2D eigenvalue weighted by atomic mass is 16.6. The second kappa shape index (κ2) is 12.4. The Balaban J connectivity index is 1.63. The number of ether oxygens (including phenoxy) is 8. The monoisotopic (exact) mass is 589 g/mol. The Morgan fingerprint density at radius 1 is 0.581 bits per heavy atom. The summed E-state index contributed by atoms with van der Waals surface area (Å²) >= 11 is 0. The Morgan fingerprint density at radius 2 is 1.05 bits per heavy atom. The summed E-state index contributed by atoms with van der Waals surface area (Å²) in [5.41, 5.74) is 2.05. The van der Waals surface area contributed by atoms with Gasteiger partial charge in [0.25, 0.3) is 0 Å². The number of hydrogen-bond acceptors (Lipinski definition) is 11. The van der Waals surface area contributed by atoms with E-state index < -0.39 is 11.9 Å². The van der Waals surface area contributed by atoms with Crippen LogP contribution < -0.4 is 37.9 Å². The Bertz CT molecular complexity index is 1660. The largest absolute Gasteiger partial charge is 0.493 e. The molecule has 3 aromatic carbocycles. The number of nitrogens with zero attached hydrogens (tertiary/aromatic N) is 1. The van der Waals surface area contributed by atoms with Crippen LogP contribution in [0.1, 0.15) is 38.3 Å². The minimum atomic E-state index is -0.722. The quantitative estimate of drug-likeness (QED) is 0.179. The van der Waals surface area contributed by atoms with Gasteiger partial charge >= 0.3 is 11.9 Å². The summed E-state index contributed by atoms with van der Waals surface area (Å²) in [5.74, 6) is 0.638. The molecule has 1 heterocycles. The molecule has 0 spiro atoms. The fourth-order valence-electron chi connectivity index (χ4n) is 5.29. The molecule has 1 aliphatic carbocycles. The van der Waals surface area contributed by atoms with Crippen molar-refractivity contribution in [1.29, 1.82) is 0 Å². The Kier molecular flexibility index (Phi) is 8.42. The third kappa shape index (κ3) is 5.29. The molecule has 0 saturated carbocycles. The van der Waals surface area contributed by atoms with Crippen LogP contribution in [-0.4, -0.2) is 59.6 Å². The predicted molar refractivity (Wildman–Crippen MR) is 156 cm³/mol. The van der Waals surface area contributed by atoms with Gasteiger partial charge in [0.1, 0.15) is 0 Å². The van der Waals surface area contributed by atoms with Gasteiger partial charge in [0.15, 0.2) is 34.5 Å². The molecule has 1 aliphatic rings. The summed E-state index contributed by atoms with van der Waals surface area (Å²) in [6.07, 6.45) is 5.52. The van der Waals surface area contributed by atoms with Crippen molar-refractivity contribution >= 4 is 22.7 Å². The van der Waals surface area contributed by atoms with Crippen molar-refractivity contribution in [3.05, 3.63) is 65.0 Å². The Hall–Kier alpha value is -5.19. The first-order valence-electron chi connectivity index (χ1n) is 13.3. The summed E-state index contributed by atoms with van der Waals surface area (Å²) in [6, 6.07) is 7.69. The lowest BCUT2D eigenvalue weighted by Crippen LogP contribution is -2.15. The molecule has 0 fully saturated rings. The highest BCUT2D eigenvalue weighted by Crippen LogP contribution is 2.47. The molecule has 0 saturated heterocycles. The molecule has 0 unspecified atom stereocenters.